The normalized spacial score (nSPS) is 13.4. The molecule has 0 atom stereocenters. The molecule has 180 valence electrons. The fraction of sp³-hybridized carbons (Fsp3) is 0.333. The third-order valence-electron chi connectivity index (χ3n) is 5.38. The predicted octanol–water partition coefficient (Wildman–Crippen LogP) is 1.40. The van der Waals surface area contributed by atoms with Crippen LogP contribution in [0.2, 0.25) is 0 Å². The van der Waals surface area contributed by atoms with Crippen molar-refractivity contribution in [2.24, 2.45) is 0 Å². The van der Waals surface area contributed by atoms with Crippen molar-refractivity contribution in [2.45, 2.75) is 13.8 Å². The number of benzene rings is 2. The van der Waals surface area contributed by atoms with Crippen molar-refractivity contribution in [3.63, 3.8) is 0 Å². The van der Waals surface area contributed by atoms with Crippen LogP contribution in [0.5, 0.6) is 11.5 Å². The van der Waals surface area contributed by atoms with Crippen LogP contribution in [0.1, 0.15) is 31.8 Å². The Kier molecular flexibility index (Phi) is 7.72. The molecule has 34 heavy (non-hydrogen) atoms. The van der Waals surface area contributed by atoms with Gasteiger partial charge in [-0.15, -0.1) is 0 Å². The van der Waals surface area contributed by atoms with E-state index in [9.17, 15) is 29.4 Å². The van der Waals surface area contributed by atoms with Crippen LogP contribution in [0.15, 0.2) is 36.4 Å². The zero-order valence-corrected chi connectivity index (χ0v) is 18.9. The van der Waals surface area contributed by atoms with Crippen LogP contribution in [0.3, 0.4) is 0 Å². The number of aryl methyl sites for hydroxylation is 2. The summed E-state index contributed by atoms with van der Waals surface area (Å²) >= 11 is 0. The van der Waals surface area contributed by atoms with E-state index < -0.39 is 37.0 Å². The first-order valence-corrected chi connectivity index (χ1v) is 10.6. The summed E-state index contributed by atoms with van der Waals surface area (Å²) in [4.78, 5) is 52.0. The Balaban J connectivity index is 1.43. The van der Waals surface area contributed by atoms with Gasteiger partial charge in [0.15, 0.2) is 13.2 Å². The lowest BCUT2D eigenvalue weighted by molar-refractivity contribution is -0.142. The summed E-state index contributed by atoms with van der Waals surface area (Å²) in [6.07, 6.45) is 0. The zero-order valence-electron chi connectivity index (χ0n) is 18.9. The maximum Gasteiger partial charge on any atom is 0.342 e. The number of carbonyl (C=O) groups excluding carboxylic acids is 4. The molecule has 0 aromatic heterocycles. The number of hydrogen-bond acceptors (Lipinski definition) is 8. The standard InChI is InChI=1S/C24H26N2O8/c1-15-3-5-19(27)17(11-15)23(31)33-13-21(29)25-7-9-26(10-8-25)22(30)14-34-24(32)18-12-16(2)4-6-20(18)28/h3-6,11-12,27-28H,7-10,13-14H2,1-2H3. The second-order valence-corrected chi connectivity index (χ2v) is 7.96. The Hall–Kier alpha value is -4.08. The van der Waals surface area contributed by atoms with Crippen LogP contribution in [0.4, 0.5) is 0 Å². The van der Waals surface area contributed by atoms with E-state index in [4.69, 9.17) is 9.47 Å². The number of piperazine rings is 1. The lowest BCUT2D eigenvalue weighted by Gasteiger charge is -2.34. The monoisotopic (exact) mass is 470 g/mol. The molecule has 2 aromatic carbocycles. The molecular weight excluding hydrogens is 444 g/mol. The van der Waals surface area contributed by atoms with Crippen LogP contribution >= 0.6 is 0 Å². The summed E-state index contributed by atoms with van der Waals surface area (Å²) < 4.78 is 10.1. The fourth-order valence-electron chi connectivity index (χ4n) is 3.42. The van der Waals surface area contributed by atoms with Crippen molar-refractivity contribution < 1.29 is 38.9 Å². The molecule has 0 saturated carbocycles. The average Bonchev–Trinajstić information content (AvgIpc) is 2.83. The molecule has 2 N–H and O–H groups in total. The topological polar surface area (TPSA) is 134 Å². The van der Waals surface area contributed by atoms with Gasteiger partial charge in [0.2, 0.25) is 0 Å². The molecule has 0 aliphatic carbocycles. The Morgan fingerprint density at radius 1 is 0.706 bits per heavy atom. The minimum atomic E-state index is -0.801. The van der Waals surface area contributed by atoms with Gasteiger partial charge in [-0.05, 0) is 38.1 Å². The molecule has 0 spiro atoms. The third-order valence-corrected chi connectivity index (χ3v) is 5.38. The molecule has 2 amide bonds. The summed E-state index contributed by atoms with van der Waals surface area (Å²) in [6.45, 7) is 3.45. The van der Waals surface area contributed by atoms with Gasteiger partial charge in [0.25, 0.3) is 11.8 Å². The highest BCUT2D eigenvalue weighted by Gasteiger charge is 2.26. The zero-order chi connectivity index (χ0) is 24.8. The molecule has 1 heterocycles. The Bertz CT molecular complexity index is 1020. The summed E-state index contributed by atoms with van der Waals surface area (Å²) in [5, 5.41) is 19.6. The molecule has 0 radical (unpaired) electrons. The smallest absolute Gasteiger partial charge is 0.342 e. The van der Waals surface area contributed by atoms with E-state index in [0.29, 0.717) is 0 Å². The number of hydrogen-bond donors (Lipinski definition) is 2. The average molecular weight is 470 g/mol. The molecule has 0 bridgehead atoms. The number of phenols is 2. The lowest BCUT2D eigenvalue weighted by atomic mass is 10.1. The van der Waals surface area contributed by atoms with Crippen LogP contribution < -0.4 is 0 Å². The van der Waals surface area contributed by atoms with E-state index in [1.807, 2.05) is 0 Å². The fourth-order valence-corrected chi connectivity index (χ4v) is 3.42. The Morgan fingerprint density at radius 2 is 1.06 bits per heavy atom. The van der Waals surface area contributed by atoms with Crippen molar-refractivity contribution in [1.29, 1.82) is 0 Å². The number of esters is 2. The molecule has 10 heteroatoms. The van der Waals surface area contributed by atoms with Crippen molar-refractivity contribution in [2.75, 3.05) is 39.4 Å². The van der Waals surface area contributed by atoms with Gasteiger partial charge in [-0.2, -0.15) is 0 Å². The number of nitrogens with zero attached hydrogens (tertiary/aromatic N) is 2. The van der Waals surface area contributed by atoms with Gasteiger partial charge in [0.1, 0.15) is 22.6 Å². The third kappa shape index (κ3) is 6.03. The van der Waals surface area contributed by atoms with Gasteiger partial charge in [-0.25, -0.2) is 9.59 Å². The highest BCUT2D eigenvalue weighted by molar-refractivity contribution is 5.95. The number of ether oxygens (including phenoxy) is 2. The van der Waals surface area contributed by atoms with Crippen molar-refractivity contribution >= 4 is 23.8 Å². The van der Waals surface area contributed by atoms with Gasteiger partial charge in [-0.3, -0.25) is 9.59 Å². The molecule has 3 rings (SSSR count). The summed E-state index contributed by atoms with van der Waals surface area (Å²) in [7, 11) is 0. The molecule has 1 fully saturated rings. The summed E-state index contributed by atoms with van der Waals surface area (Å²) in [5.41, 5.74) is 1.49. The first kappa shape index (κ1) is 24.6. The minimum absolute atomic E-state index is 0.0169. The largest absolute Gasteiger partial charge is 0.507 e. The van der Waals surface area contributed by atoms with Crippen molar-refractivity contribution in [3.8, 4) is 11.5 Å². The number of aromatic hydroxyl groups is 2. The number of carbonyl (C=O) groups is 4. The van der Waals surface area contributed by atoms with E-state index in [0.717, 1.165) is 11.1 Å². The van der Waals surface area contributed by atoms with Gasteiger partial charge >= 0.3 is 11.9 Å². The van der Waals surface area contributed by atoms with Gasteiger partial charge in [-0.1, -0.05) is 23.3 Å². The van der Waals surface area contributed by atoms with Crippen molar-refractivity contribution in [3.05, 3.63) is 58.7 Å². The summed E-state index contributed by atoms with van der Waals surface area (Å²) in [6, 6.07) is 8.99. The second kappa shape index (κ2) is 10.7. The van der Waals surface area contributed by atoms with E-state index >= 15 is 0 Å². The predicted molar refractivity (Wildman–Crippen MR) is 119 cm³/mol. The minimum Gasteiger partial charge on any atom is -0.507 e. The van der Waals surface area contributed by atoms with Gasteiger partial charge in [0.05, 0.1) is 0 Å². The van der Waals surface area contributed by atoms with Crippen LogP contribution in [-0.2, 0) is 19.1 Å². The molecule has 10 nitrogen and oxygen atoms in total. The van der Waals surface area contributed by atoms with E-state index in [1.54, 1.807) is 26.0 Å². The Morgan fingerprint density at radius 3 is 1.41 bits per heavy atom. The number of phenolic OH excluding ortho intramolecular Hbond substituents is 2. The van der Waals surface area contributed by atoms with Crippen LogP contribution in [-0.4, -0.2) is 83.2 Å². The summed E-state index contributed by atoms with van der Waals surface area (Å²) in [5.74, 6) is -2.90. The lowest BCUT2D eigenvalue weighted by Crippen LogP contribution is -2.52. The SMILES string of the molecule is Cc1ccc(O)c(C(=O)OCC(=O)N2CCN(C(=O)COC(=O)c3cc(C)ccc3O)CC2)c1. The maximum atomic E-state index is 12.4. The molecule has 1 aliphatic heterocycles. The number of rotatable bonds is 6. The van der Waals surface area contributed by atoms with E-state index in [-0.39, 0.29) is 48.8 Å². The quantitative estimate of drug-likeness (QED) is 0.605. The van der Waals surface area contributed by atoms with E-state index in [1.165, 1.54) is 34.1 Å². The molecule has 0 unspecified atom stereocenters. The molecule has 1 aliphatic rings. The highest BCUT2D eigenvalue weighted by atomic mass is 16.5. The number of amides is 2. The van der Waals surface area contributed by atoms with E-state index in [2.05, 4.69) is 0 Å². The van der Waals surface area contributed by atoms with Gasteiger partial charge < -0.3 is 29.5 Å². The molecule has 2 aromatic rings. The Labute approximate surface area is 196 Å². The second-order valence-electron chi connectivity index (χ2n) is 7.96. The van der Waals surface area contributed by atoms with Crippen molar-refractivity contribution in [1.82, 2.24) is 9.80 Å². The maximum absolute atomic E-state index is 12.4. The molecular formula is C24H26N2O8. The first-order valence-electron chi connectivity index (χ1n) is 10.6. The van der Waals surface area contributed by atoms with Crippen LogP contribution in [0.25, 0.3) is 0 Å². The highest BCUT2D eigenvalue weighted by Crippen LogP contribution is 2.20. The van der Waals surface area contributed by atoms with Crippen LogP contribution in [0, 0.1) is 13.8 Å². The molecule has 1 saturated heterocycles. The first-order chi connectivity index (χ1) is 16.2. The van der Waals surface area contributed by atoms with Gasteiger partial charge in [0, 0.05) is 26.2 Å².